The molecule has 0 bridgehead atoms. The first kappa shape index (κ1) is 25.9. The highest BCUT2D eigenvalue weighted by molar-refractivity contribution is 7.81. The van der Waals surface area contributed by atoms with Crippen LogP contribution in [0.15, 0.2) is 48.7 Å². The number of hydrogen-bond donors (Lipinski definition) is 1. The van der Waals surface area contributed by atoms with Gasteiger partial charge in [0.15, 0.2) is 0 Å². The molecule has 1 unspecified atom stereocenters. The first-order chi connectivity index (χ1) is 15.8. The van der Waals surface area contributed by atoms with Gasteiger partial charge in [-0.1, -0.05) is 40.9 Å². The number of carboxylic acid groups (broad SMARTS) is 1. The molecule has 0 spiro atoms. The van der Waals surface area contributed by atoms with E-state index in [4.69, 9.17) is 34.8 Å². The quantitative estimate of drug-likeness (QED) is 0.300. The van der Waals surface area contributed by atoms with Crippen molar-refractivity contribution in [3.8, 4) is 0 Å². The predicted octanol–water partition coefficient (Wildman–Crippen LogP) is 5.92. The van der Waals surface area contributed by atoms with E-state index in [2.05, 4.69) is 4.98 Å². The number of ketones is 1. The maximum atomic E-state index is 13.3. The van der Waals surface area contributed by atoms with Gasteiger partial charge in [-0.2, -0.15) is 13.2 Å². The highest BCUT2D eigenvalue weighted by Crippen LogP contribution is 2.40. The molecule has 7 nitrogen and oxygen atoms in total. The average Bonchev–Trinajstić information content (AvgIpc) is 2.73. The second-order valence-corrected chi connectivity index (χ2v) is 8.52. The molecule has 0 fully saturated rings. The third-order valence-electron chi connectivity index (χ3n) is 4.38. The summed E-state index contributed by atoms with van der Waals surface area (Å²) in [6.45, 7) is 0. The Hall–Kier alpha value is -2.70. The lowest BCUT2D eigenvalue weighted by Gasteiger charge is -2.28. The van der Waals surface area contributed by atoms with Crippen molar-refractivity contribution >= 4 is 69.2 Å². The first-order valence-electron chi connectivity index (χ1n) is 8.81. The van der Waals surface area contributed by atoms with Crippen LogP contribution in [0.4, 0.5) is 24.5 Å². The molecule has 178 valence electrons. The van der Waals surface area contributed by atoms with Crippen molar-refractivity contribution in [2.75, 3.05) is 4.31 Å². The highest BCUT2D eigenvalue weighted by atomic mass is 35.5. The van der Waals surface area contributed by atoms with Crippen LogP contribution >= 0.6 is 34.8 Å². The van der Waals surface area contributed by atoms with Gasteiger partial charge >= 0.3 is 12.1 Å². The molecule has 1 atom stereocenters. The summed E-state index contributed by atoms with van der Waals surface area (Å²) in [7, 11) is 0. The average molecular weight is 553 g/mol. The van der Waals surface area contributed by atoms with Crippen LogP contribution in [0.1, 0.15) is 32.0 Å². The highest BCUT2D eigenvalue weighted by Gasteiger charge is 2.34. The van der Waals surface area contributed by atoms with Gasteiger partial charge in [0.1, 0.15) is 5.69 Å². The normalized spacial score (nSPS) is 12.3. The van der Waals surface area contributed by atoms with E-state index in [1.54, 1.807) is 0 Å². The molecule has 3 aromatic rings. The predicted molar refractivity (Wildman–Crippen MR) is 119 cm³/mol. The molecule has 0 aliphatic carbocycles. The van der Waals surface area contributed by atoms with Crippen molar-refractivity contribution < 1.29 is 36.6 Å². The molecule has 0 radical (unpaired) electrons. The second-order valence-electron chi connectivity index (χ2n) is 6.50. The minimum absolute atomic E-state index is 0.141. The zero-order chi connectivity index (χ0) is 25.4. The zero-order valence-electron chi connectivity index (χ0n) is 16.3. The van der Waals surface area contributed by atoms with Crippen molar-refractivity contribution in [1.82, 2.24) is 4.98 Å². The number of hydrogen-bond acceptors (Lipinski definition) is 5. The second kappa shape index (κ2) is 9.88. The zero-order valence-corrected chi connectivity index (χ0v) is 19.4. The van der Waals surface area contributed by atoms with Gasteiger partial charge in [-0.25, -0.2) is 9.78 Å². The van der Waals surface area contributed by atoms with Gasteiger partial charge in [0.2, 0.25) is 5.78 Å². The number of rotatable bonds is 6. The number of carboxylic acids is 1. The molecular weight excluding hydrogens is 544 g/mol. The van der Waals surface area contributed by atoms with E-state index in [0.29, 0.717) is 10.4 Å². The van der Waals surface area contributed by atoms with Crippen molar-refractivity contribution in [2.24, 2.45) is 0 Å². The minimum atomic E-state index is -4.90. The van der Waals surface area contributed by atoms with Gasteiger partial charge in [-0.3, -0.25) is 13.3 Å². The summed E-state index contributed by atoms with van der Waals surface area (Å²) >= 11 is 14.3. The maximum Gasteiger partial charge on any atom is 0.417 e. The van der Waals surface area contributed by atoms with E-state index in [-0.39, 0.29) is 10.6 Å². The van der Waals surface area contributed by atoms with Gasteiger partial charge in [0, 0.05) is 11.8 Å². The SMILES string of the molecule is O=C(O)c1cccc(C(=O)c2ncc(Cl)cc2N(c2ccc(Cl)c(C(F)(F)F)c2)S(=O)[O-])c1Cl. The lowest BCUT2D eigenvalue weighted by atomic mass is 10.0. The van der Waals surface area contributed by atoms with E-state index in [1.807, 2.05) is 0 Å². The lowest BCUT2D eigenvalue weighted by Crippen LogP contribution is -2.24. The topological polar surface area (TPSA) is 111 Å². The van der Waals surface area contributed by atoms with Gasteiger partial charge in [-0.05, 0) is 36.4 Å². The Bertz CT molecular complexity index is 1340. The molecule has 1 aromatic heterocycles. The standard InChI is InChI=1S/C20H10Cl3F3N2O5S/c21-9-6-15(28(34(32)33)10-4-5-14(22)13(7-10)20(24,25)26)17(27-8-9)18(29)11-2-1-3-12(16(11)23)19(30)31/h1-8H,(H,30,31)(H,32,33)/p-1. The smallest absolute Gasteiger partial charge is 0.417 e. The summed E-state index contributed by atoms with van der Waals surface area (Å²) in [6, 6.07) is 6.85. The molecule has 1 N–H and O–H groups in total. The van der Waals surface area contributed by atoms with Crippen molar-refractivity contribution in [1.29, 1.82) is 0 Å². The maximum absolute atomic E-state index is 13.3. The molecule has 14 heteroatoms. The molecule has 1 heterocycles. The summed E-state index contributed by atoms with van der Waals surface area (Å²) in [5, 5.41) is 7.98. The molecular formula is C20H9Cl3F3N2O5S-. The molecule has 0 saturated carbocycles. The summed E-state index contributed by atoms with van der Waals surface area (Å²) in [5.41, 5.74) is -3.64. The lowest BCUT2D eigenvalue weighted by molar-refractivity contribution is -0.137. The first-order valence-corrected chi connectivity index (χ1v) is 11.0. The number of halogens is 6. The fourth-order valence-electron chi connectivity index (χ4n) is 2.92. The molecule has 2 aromatic carbocycles. The minimum Gasteiger partial charge on any atom is -0.755 e. The van der Waals surface area contributed by atoms with Crippen molar-refractivity contribution in [3.63, 3.8) is 0 Å². The number of pyridine rings is 1. The number of anilines is 2. The Balaban J connectivity index is 2.24. The number of carbonyl (C=O) groups excluding carboxylic acids is 1. The van der Waals surface area contributed by atoms with E-state index in [0.717, 1.165) is 30.5 Å². The Labute approximate surface area is 207 Å². The Morgan fingerprint density at radius 1 is 1.06 bits per heavy atom. The number of benzene rings is 2. The summed E-state index contributed by atoms with van der Waals surface area (Å²) in [6.07, 6.45) is -3.90. The molecule has 34 heavy (non-hydrogen) atoms. The van der Waals surface area contributed by atoms with E-state index < -0.39 is 67.4 Å². The van der Waals surface area contributed by atoms with Gasteiger partial charge in [0.25, 0.3) is 0 Å². The molecule has 0 saturated heterocycles. The fraction of sp³-hybridized carbons (Fsp3) is 0.0500. The van der Waals surface area contributed by atoms with Crippen LogP contribution in [0.5, 0.6) is 0 Å². The van der Waals surface area contributed by atoms with Crippen molar-refractivity contribution in [3.05, 3.63) is 86.1 Å². The number of alkyl halides is 3. The Kier molecular flexibility index (Phi) is 7.53. The van der Waals surface area contributed by atoms with Crippen LogP contribution in [-0.2, 0) is 17.4 Å². The Morgan fingerprint density at radius 2 is 1.71 bits per heavy atom. The number of aromatic nitrogens is 1. The third kappa shape index (κ3) is 5.18. The van der Waals surface area contributed by atoms with Crippen LogP contribution in [-0.4, -0.2) is 30.6 Å². The van der Waals surface area contributed by atoms with E-state index in [1.165, 1.54) is 12.1 Å². The number of carbonyl (C=O) groups is 2. The number of aromatic carboxylic acids is 1. The molecule has 0 amide bonds. The van der Waals surface area contributed by atoms with Crippen LogP contribution in [0, 0.1) is 0 Å². The molecule has 0 aliphatic heterocycles. The van der Waals surface area contributed by atoms with Crippen LogP contribution < -0.4 is 4.31 Å². The van der Waals surface area contributed by atoms with Gasteiger partial charge in [0.05, 0.1) is 48.8 Å². The van der Waals surface area contributed by atoms with Crippen LogP contribution in [0.2, 0.25) is 15.1 Å². The largest absolute Gasteiger partial charge is 0.755 e. The van der Waals surface area contributed by atoms with Crippen molar-refractivity contribution in [2.45, 2.75) is 6.18 Å². The Morgan fingerprint density at radius 3 is 2.29 bits per heavy atom. The van der Waals surface area contributed by atoms with E-state index in [9.17, 15) is 36.6 Å². The summed E-state index contributed by atoms with van der Waals surface area (Å²) in [5.74, 6) is -2.42. The summed E-state index contributed by atoms with van der Waals surface area (Å²) in [4.78, 5) is 28.4. The van der Waals surface area contributed by atoms with Gasteiger partial charge in [-0.15, -0.1) is 0 Å². The monoisotopic (exact) mass is 551 g/mol. The van der Waals surface area contributed by atoms with Gasteiger partial charge < -0.3 is 9.66 Å². The third-order valence-corrected chi connectivity index (χ3v) is 6.03. The molecule has 0 aliphatic rings. The van der Waals surface area contributed by atoms with E-state index >= 15 is 0 Å². The molecule has 3 rings (SSSR count). The van der Waals surface area contributed by atoms with Crippen LogP contribution in [0.25, 0.3) is 0 Å². The fourth-order valence-corrected chi connectivity index (χ4v) is 4.18. The summed E-state index contributed by atoms with van der Waals surface area (Å²) < 4.78 is 64.6. The number of nitrogens with zero attached hydrogens (tertiary/aromatic N) is 2. The van der Waals surface area contributed by atoms with Crippen LogP contribution in [0.3, 0.4) is 0 Å².